The molecule has 26 heavy (non-hydrogen) atoms. The van der Waals surface area contributed by atoms with Gasteiger partial charge in [-0.1, -0.05) is 29.8 Å². The molecule has 0 amide bonds. The first kappa shape index (κ1) is 19.0. The van der Waals surface area contributed by atoms with Crippen molar-refractivity contribution in [2.45, 2.75) is 0 Å². The van der Waals surface area contributed by atoms with E-state index in [9.17, 15) is 0 Å². The summed E-state index contributed by atoms with van der Waals surface area (Å²) in [7, 11) is 9.34. The van der Waals surface area contributed by atoms with E-state index in [0.29, 0.717) is 10.8 Å². The van der Waals surface area contributed by atoms with Crippen LogP contribution in [0.1, 0.15) is 0 Å². The van der Waals surface area contributed by atoms with Crippen molar-refractivity contribution >= 4 is 65.1 Å². The predicted molar refractivity (Wildman–Crippen MR) is 104 cm³/mol. The van der Waals surface area contributed by atoms with Gasteiger partial charge in [-0.25, -0.2) is 4.98 Å². The van der Waals surface area contributed by atoms with E-state index in [2.05, 4.69) is 40.4 Å². The molecule has 0 bridgehead atoms. The number of nitrogens with zero attached hydrogens (tertiary/aromatic N) is 4. The number of halogens is 3. The van der Waals surface area contributed by atoms with Gasteiger partial charge in [0.2, 0.25) is 0 Å². The Morgan fingerprint density at radius 2 is 1.42 bits per heavy atom. The number of rotatable bonds is 2. The van der Waals surface area contributed by atoms with Crippen LogP contribution >= 0.6 is 31.8 Å². The van der Waals surface area contributed by atoms with Gasteiger partial charge in [0, 0.05) is 22.0 Å². The van der Waals surface area contributed by atoms with Crippen molar-refractivity contribution in [2.75, 3.05) is 0 Å². The molecule has 0 fully saturated rings. The van der Waals surface area contributed by atoms with Gasteiger partial charge >= 0.3 is 33.3 Å². The number of azo groups is 1. The van der Waals surface area contributed by atoms with Crippen molar-refractivity contribution in [1.82, 2.24) is 9.97 Å². The fraction of sp³-hybridized carbons (Fsp3) is 0. The molecule has 0 N–H and O–H groups in total. The van der Waals surface area contributed by atoms with E-state index in [1.807, 2.05) is 48.5 Å². The van der Waals surface area contributed by atoms with Gasteiger partial charge in [0.25, 0.3) is 0 Å². The molecule has 2 heterocycles. The maximum absolute atomic E-state index is 5.86. The Kier molecular flexibility index (Phi) is 6.78. The topological polar surface area (TPSA) is 50.5 Å². The summed E-state index contributed by atoms with van der Waals surface area (Å²) < 4.78 is 0. The SMILES string of the molecule is Clc1ccc(N=Nc2ccc3ccc4cccnc4c3n2)cc1.[Cl][Cu][Cl]. The number of fused-ring (bicyclic) bond motifs is 3. The Labute approximate surface area is 169 Å². The van der Waals surface area contributed by atoms with E-state index in [0.717, 1.165) is 40.6 Å². The molecule has 0 saturated carbocycles. The van der Waals surface area contributed by atoms with Crippen molar-refractivity contribution in [3.8, 4) is 0 Å². The van der Waals surface area contributed by atoms with Crippen LogP contribution in [0.15, 0.2) is 77.1 Å². The molecule has 4 rings (SSSR count). The average molecular weight is 453 g/mol. The summed E-state index contributed by atoms with van der Waals surface area (Å²) in [5.41, 5.74) is 2.43. The van der Waals surface area contributed by atoms with Gasteiger partial charge in [0.1, 0.15) is 0 Å². The van der Waals surface area contributed by atoms with Gasteiger partial charge in [0.05, 0.1) is 16.7 Å². The van der Waals surface area contributed by atoms with Crippen LogP contribution < -0.4 is 0 Å². The van der Waals surface area contributed by atoms with Gasteiger partial charge in [-0.3, -0.25) is 4.98 Å². The number of benzene rings is 2. The maximum atomic E-state index is 5.86. The van der Waals surface area contributed by atoms with Gasteiger partial charge in [-0.15, -0.1) is 10.2 Å². The molecule has 8 heteroatoms. The molecule has 0 aliphatic rings. The van der Waals surface area contributed by atoms with Crippen molar-refractivity contribution in [3.05, 3.63) is 71.9 Å². The zero-order chi connectivity index (χ0) is 18.4. The molecule has 2 aromatic carbocycles. The summed E-state index contributed by atoms with van der Waals surface area (Å²) in [5, 5.41) is 11.1. The summed E-state index contributed by atoms with van der Waals surface area (Å²) in [4.78, 5) is 9.02. The summed E-state index contributed by atoms with van der Waals surface area (Å²) in [6, 6.07) is 19.0. The Morgan fingerprint density at radius 3 is 2.15 bits per heavy atom. The fourth-order valence-electron chi connectivity index (χ4n) is 2.39. The minimum atomic E-state index is 0.547. The standard InChI is InChI=1S/C18H11ClN4.2ClH.Cu/c19-14-6-8-15(9-7-14)22-23-16-10-5-13-4-3-12-2-1-11-20-17(12)18(13)21-16;;;/h1-11H;2*1H;/q;;;+2/p-2. The van der Waals surface area contributed by atoms with Crippen molar-refractivity contribution in [2.24, 2.45) is 10.2 Å². The Morgan fingerprint density at radius 1 is 0.769 bits per heavy atom. The van der Waals surface area contributed by atoms with Crippen LogP contribution in [0.5, 0.6) is 0 Å². The van der Waals surface area contributed by atoms with Gasteiger partial charge in [-0.05, 0) is 42.5 Å². The van der Waals surface area contributed by atoms with Crippen LogP contribution in [-0.2, 0) is 13.1 Å². The van der Waals surface area contributed by atoms with Gasteiger partial charge in [0.15, 0.2) is 5.82 Å². The second-order valence-electron chi connectivity index (χ2n) is 5.10. The third-order valence-electron chi connectivity index (χ3n) is 3.51. The van der Waals surface area contributed by atoms with Crippen molar-refractivity contribution < 1.29 is 13.1 Å². The molecule has 0 aliphatic heterocycles. The van der Waals surface area contributed by atoms with Gasteiger partial charge in [-0.2, -0.15) is 0 Å². The zero-order valence-electron chi connectivity index (χ0n) is 13.1. The number of aromatic nitrogens is 2. The van der Waals surface area contributed by atoms with E-state index in [-0.39, 0.29) is 0 Å². The Hall–Kier alpha value is -1.75. The molecule has 0 aliphatic carbocycles. The van der Waals surface area contributed by atoms with Crippen LogP contribution in [0.2, 0.25) is 5.02 Å². The monoisotopic (exact) mass is 451 g/mol. The molecule has 4 nitrogen and oxygen atoms in total. The zero-order valence-corrected chi connectivity index (χ0v) is 16.3. The molecular formula is C18H11Cl3CuN4. The first-order valence-corrected chi connectivity index (χ1v) is 10.3. The molecule has 4 aromatic rings. The minimum absolute atomic E-state index is 0.547. The summed E-state index contributed by atoms with van der Waals surface area (Å²) in [5.74, 6) is 0.547. The second-order valence-corrected chi connectivity index (χ2v) is 7.09. The normalized spacial score (nSPS) is 11.0. The Balaban J connectivity index is 0.000000613. The van der Waals surface area contributed by atoms with E-state index in [1.165, 1.54) is 0 Å². The summed E-state index contributed by atoms with van der Waals surface area (Å²) in [6.45, 7) is 0. The first-order chi connectivity index (χ1) is 12.7. The van der Waals surface area contributed by atoms with Crippen LogP contribution in [0, 0.1) is 0 Å². The number of hydrogen-bond donors (Lipinski definition) is 0. The molecule has 0 unspecified atom stereocenters. The molecule has 0 atom stereocenters. The number of pyridine rings is 2. The quantitative estimate of drug-likeness (QED) is 0.183. The van der Waals surface area contributed by atoms with Crippen molar-refractivity contribution in [1.29, 1.82) is 0 Å². The first-order valence-electron chi connectivity index (χ1n) is 7.34. The molecular weight excluding hydrogens is 442 g/mol. The third kappa shape index (κ3) is 4.70. The second kappa shape index (κ2) is 9.26. The molecule has 0 saturated heterocycles. The van der Waals surface area contributed by atoms with E-state index in [4.69, 9.17) is 11.6 Å². The molecule has 135 valence electrons. The third-order valence-corrected chi connectivity index (χ3v) is 3.76. The van der Waals surface area contributed by atoms with Crippen LogP contribution in [0.25, 0.3) is 21.8 Å². The average Bonchev–Trinajstić information content (AvgIpc) is 2.68. The fourth-order valence-corrected chi connectivity index (χ4v) is 2.51. The molecule has 0 spiro atoms. The number of hydrogen-bond acceptors (Lipinski definition) is 4. The van der Waals surface area contributed by atoms with E-state index >= 15 is 0 Å². The van der Waals surface area contributed by atoms with Gasteiger partial charge < -0.3 is 0 Å². The summed E-state index contributed by atoms with van der Waals surface area (Å²) in [6.07, 6.45) is 1.77. The summed E-state index contributed by atoms with van der Waals surface area (Å²) >= 11 is 6.62. The van der Waals surface area contributed by atoms with Crippen LogP contribution in [-0.4, -0.2) is 9.97 Å². The van der Waals surface area contributed by atoms with E-state index < -0.39 is 0 Å². The molecule has 0 radical (unpaired) electrons. The van der Waals surface area contributed by atoms with Crippen LogP contribution in [0.3, 0.4) is 0 Å². The van der Waals surface area contributed by atoms with Crippen LogP contribution in [0.4, 0.5) is 11.5 Å². The van der Waals surface area contributed by atoms with E-state index in [1.54, 1.807) is 18.3 Å². The predicted octanol–water partition coefficient (Wildman–Crippen LogP) is 7.23. The molecule has 2 aromatic heterocycles. The Bertz CT molecular complexity index is 1060. The van der Waals surface area contributed by atoms with Crippen molar-refractivity contribution in [3.63, 3.8) is 0 Å².